The maximum atomic E-state index is 12.7. The van der Waals surface area contributed by atoms with E-state index in [1.54, 1.807) is 31.4 Å². The van der Waals surface area contributed by atoms with Gasteiger partial charge in [0.25, 0.3) is 5.91 Å². The number of methoxy groups -OCH3 is 1. The van der Waals surface area contributed by atoms with Gasteiger partial charge in [0.2, 0.25) is 5.17 Å². The lowest BCUT2D eigenvalue weighted by molar-refractivity contribution is -0.114. The normalized spacial score (nSPS) is 16.4. The smallest absolute Gasteiger partial charge is 0.283 e. The van der Waals surface area contributed by atoms with Crippen LogP contribution in [0.4, 0.5) is 0 Å². The number of hydrogen-bond donors (Lipinski definition) is 1. The van der Waals surface area contributed by atoms with Gasteiger partial charge >= 0.3 is 0 Å². The number of hydrogen-bond acceptors (Lipinski definition) is 6. The zero-order chi connectivity index (χ0) is 24.1. The van der Waals surface area contributed by atoms with Crippen LogP contribution >= 0.6 is 23.4 Å². The number of unbranched alkanes of at least 4 members (excludes halogenated alkanes) is 2. The molecule has 1 N–H and O–H groups in total. The molecule has 0 aromatic heterocycles. The molecule has 0 aliphatic carbocycles. The molecule has 0 bridgehead atoms. The highest BCUT2D eigenvalue weighted by Gasteiger charge is 2.35. The summed E-state index contributed by atoms with van der Waals surface area (Å²) in [4.78, 5) is 16.8. The second kappa shape index (κ2) is 10.9. The summed E-state index contributed by atoms with van der Waals surface area (Å²) < 4.78 is 11.4. The highest BCUT2D eigenvalue weighted by atomic mass is 35.5. The van der Waals surface area contributed by atoms with Gasteiger partial charge < -0.3 is 9.47 Å². The quantitative estimate of drug-likeness (QED) is 0.333. The third kappa shape index (κ3) is 5.34. The molecule has 0 fully saturated rings. The Kier molecular flexibility index (Phi) is 7.70. The first-order chi connectivity index (χ1) is 16.5. The highest BCUT2D eigenvalue weighted by molar-refractivity contribution is 8.26. The number of ether oxygens (including phenoxy) is 2. The number of carbonyl (C=O) groups excluding carboxylic acids is 1. The molecule has 0 radical (unpaired) electrons. The van der Waals surface area contributed by atoms with Crippen molar-refractivity contribution < 1.29 is 14.3 Å². The zero-order valence-corrected chi connectivity index (χ0v) is 20.6. The molecule has 0 atom stereocenters. The van der Waals surface area contributed by atoms with Gasteiger partial charge in [-0.05, 0) is 54.4 Å². The molecule has 2 aromatic carbocycles. The van der Waals surface area contributed by atoms with Crippen LogP contribution in [0.2, 0.25) is 5.02 Å². The van der Waals surface area contributed by atoms with E-state index in [0.717, 1.165) is 36.3 Å². The van der Waals surface area contributed by atoms with E-state index < -0.39 is 5.91 Å². The summed E-state index contributed by atoms with van der Waals surface area (Å²) in [6, 6.07) is 12.8. The van der Waals surface area contributed by atoms with Gasteiger partial charge in [-0.3, -0.25) is 10.2 Å². The van der Waals surface area contributed by atoms with Crippen LogP contribution in [0.25, 0.3) is 6.08 Å². The minimum absolute atomic E-state index is 0.0194. The van der Waals surface area contributed by atoms with Crippen LogP contribution < -0.4 is 9.47 Å². The molecule has 2 aliphatic rings. The van der Waals surface area contributed by atoms with Crippen LogP contribution in [0.15, 0.2) is 58.1 Å². The number of benzene rings is 2. The number of amidine groups is 2. The van der Waals surface area contributed by atoms with Crippen molar-refractivity contribution >= 4 is 51.4 Å². The highest BCUT2D eigenvalue weighted by Crippen LogP contribution is 2.33. The number of thioether (sulfide) groups is 1. The third-order valence-corrected chi connectivity index (χ3v) is 6.67. The number of carbonyl (C=O) groups is 1. The lowest BCUT2D eigenvalue weighted by Gasteiger charge is -2.20. The van der Waals surface area contributed by atoms with Gasteiger partial charge in [-0.25, -0.2) is 0 Å². The van der Waals surface area contributed by atoms with E-state index in [2.05, 4.69) is 17.0 Å². The van der Waals surface area contributed by atoms with Crippen LogP contribution in [0.5, 0.6) is 11.5 Å². The molecule has 176 valence electrons. The molecule has 2 aliphatic heterocycles. The Morgan fingerprint density at radius 2 is 2.00 bits per heavy atom. The molecule has 9 heteroatoms. The first-order valence-electron chi connectivity index (χ1n) is 11.0. The summed E-state index contributed by atoms with van der Waals surface area (Å²) in [5.74, 6) is 0.623. The number of nitrogens with zero attached hydrogens (tertiary/aromatic N) is 3. The summed E-state index contributed by atoms with van der Waals surface area (Å²) in [7, 11) is 1.55. The zero-order valence-electron chi connectivity index (χ0n) is 19.0. The maximum Gasteiger partial charge on any atom is 0.283 e. The van der Waals surface area contributed by atoms with Crippen molar-refractivity contribution in [2.24, 2.45) is 10.1 Å². The van der Waals surface area contributed by atoms with Crippen molar-refractivity contribution in [3.8, 4) is 11.5 Å². The molecule has 2 aromatic rings. The molecule has 4 rings (SSSR count). The minimum atomic E-state index is -0.452. The van der Waals surface area contributed by atoms with Gasteiger partial charge in [0, 0.05) is 10.6 Å². The summed E-state index contributed by atoms with van der Waals surface area (Å²) >= 11 is 7.57. The van der Waals surface area contributed by atoms with Crippen molar-refractivity contribution in [1.82, 2.24) is 5.01 Å². The van der Waals surface area contributed by atoms with E-state index in [-0.39, 0.29) is 11.4 Å². The molecule has 2 heterocycles. The van der Waals surface area contributed by atoms with Crippen molar-refractivity contribution in [2.45, 2.75) is 39.2 Å². The lowest BCUT2D eigenvalue weighted by Crippen LogP contribution is -2.35. The first-order valence-corrected chi connectivity index (χ1v) is 12.2. The van der Waals surface area contributed by atoms with Gasteiger partial charge in [0.1, 0.15) is 11.7 Å². The Hall–Kier alpha value is -3.10. The fourth-order valence-electron chi connectivity index (χ4n) is 3.49. The van der Waals surface area contributed by atoms with Crippen molar-refractivity contribution in [3.05, 3.63) is 64.2 Å². The van der Waals surface area contributed by atoms with Crippen molar-refractivity contribution in [1.29, 1.82) is 5.41 Å². The van der Waals surface area contributed by atoms with E-state index in [4.69, 9.17) is 26.5 Å². The van der Waals surface area contributed by atoms with Crippen molar-refractivity contribution in [2.75, 3.05) is 7.11 Å². The molecule has 7 nitrogen and oxygen atoms in total. The Morgan fingerprint density at radius 1 is 1.18 bits per heavy atom. The Bertz CT molecular complexity index is 1210. The largest absolute Gasteiger partial charge is 0.493 e. The Morgan fingerprint density at radius 3 is 2.76 bits per heavy atom. The van der Waals surface area contributed by atoms with Gasteiger partial charge in [0.15, 0.2) is 17.3 Å². The van der Waals surface area contributed by atoms with E-state index in [9.17, 15) is 4.79 Å². The fraction of sp³-hybridized carbons (Fsp3) is 0.280. The molecule has 0 saturated heterocycles. The van der Waals surface area contributed by atoms with Crippen LogP contribution in [-0.2, 0) is 11.4 Å². The second-order valence-corrected chi connectivity index (χ2v) is 9.21. The molecule has 0 spiro atoms. The number of amides is 1. The number of halogens is 1. The lowest BCUT2D eigenvalue weighted by atomic mass is 10.1. The molecule has 34 heavy (non-hydrogen) atoms. The Balaban J connectivity index is 1.51. The van der Waals surface area contributed by atoms with E-state index in [1.165, 1.54) is 16.8 Å². The summed E-state index contributed by atoms with van der Waals surface area (Å²) in [6.45, 7) is 2.44. The topological polar surface area (TPSA) is 87.3 Å². The molecular formula is C25H25ClN4O3S. The van der Waals surface area contributed by atoms with Crippen LogP contribution in [0.1, 0.15) is 43.7 Å². The summed E-state index contributed by atoms with van der Waals surface area (Å²) in [6.07, 6.45) is 5.71. The van der Waals surface area contributed by atoms with E-state index in [1.807, 2.05) is 24.3 Å². The van der Waals surface area contributed by atoms with Gasteiger partial charge in [-0.15, -0.1) is 0 Å². The van der Waals surface area contributed by atoms with Gasteiger partial charge in [-0.2, -0.15) is 15.1 Å². The Labute approximate surface area is 208 Å². The first kappa shape index (κ1) is 24.0. The number of fused-ring (bicyclic) bond motifs is 1. The average Bonchev–Trinajstić information content (AvgIpc) is 3.24. The molecular weight excluding hydrogens is 472 g/mol. The average molecular weight is 497 g/mol. The SMILES string of the molecule is CCCCCC1=NN2C(=N)/C(=C/c3ccc(OCc4ccccc4Cl)c(OC)c3)C(=O)N=C2S1. The van der Waals surface area contributed by atoms with Crippen LogP contribution in [0, 0.1) is 5.41 Å². The third-order valence-electron chi connectivity index (χ3n) is 5.33. The van der Waals surface area contributed by atoms with Crippen molar-refractivity contribution in [3.63, 3.8) is 0 Å². The number of rotatable bonds is 9. The fourth-order valence-corrected chi connectivity index (χ4v) is 4.61. The summed E-state index contributed by atoms with van der Waals surface area (Å²) in [5, 5.41) is 16.5. The minimum Gasteiger partial charge on any atom is -0.493 e. The predicted molar refractivity (Wildman–Crippen MR) is 138 cm³/mol. The van der Waals surface area contributed by atoms with Gasteiger partial charge in [-0.1, -0.05) is 55.6 Å². The number of nitrogens with one attached hydrogen (secondary N) is 1. The monoisotopic (exact) mass is 496 g/mol. The summed E-state index contributed by atoms with van der Waals surface area (Å²) in [5.41, 5.74) is 1.73. The van der Waals surface area contributed by atoms with Crippen LogP contribution in [-0.4, -0.2) is 34.1 Å². The molecule has 0 unspecified atom stereocenters. The number of hydrazone groups is 1. The predicted octanol–water partition coefficient (Wildman–Crippen LogP) is 6.13. The molecule has 0 saturated carbocycles. The molecule has 1 amide bonds. The van der Waals surface area contributed by atoms with Crippen LogP contribution in [0.3, 0.4) is 0 Å². The second-order valence-electron chi connectivity index (χ2n) is 7.76. The number of aliphatic imine (C=N–C) groups is 1. The van der Waals surface area contributed by atoms with Gasteiger partial charge in [0.05, 0.1) is 12.7 Å². The van der Waals surface area contributed by atoms with E-state index >= 15 is 0 Å². The maximum absolute atomic E-state index is 12.7. The van der Waals surface area contributed by atoms with E-state index in [0.29, 0.717) is 33.9 Å². The standard InChI is InChI=1S/C25H25ClN4O3S/c1-3-4-5-10-22-29-30-23(27)18(24(31)28-25(30)34-22)13-16-11-12-20(21(14-16)32-2)33-15-17-8-6-7-9-19(17)26/h6-9,11-14,27H,3-5,10,15H2,1-2H3/b18-13-,27-23?.